The van der Waals surface area contributed by atoms with Gasteiger partial charge in [-0.25, -0.2) is 0 Å². The van der Waals surface area contributed by atoms with Crippen molar-refractivity contribution in [3.63, 3.8) is 0 Å². The second-order valence-corrected chi connectivity index (χ2v) is 5.71. The summed E-state index contributed by atoms with van der Waals surface area (Å²) < 4.78 is 11.9. The number of hydrogen-bond acceptors (Lipinski definition) is 3. The Morgan fingerprint density at radius 2 is 1.91 bits per heavy atom. The van der Waals surface area contributed by atoms with Gasteiger partial charge in [0.1, 0.15) is 6.61 Å². The lowest BCUT2D eigenvalue weighted by Crippen LogP contribution is -2.31. The Balaban J connectivity index is 1.73. The van der Waals surface area contributed by atoms with Crippen LogP contribution in [-0.2, 0) is 0 Å². The zero-order valence-electron chi connectivity index (χ0n) is 12.1. The molecule has 116 valence electrons. The second kappa shape index (κ2) is 8.60. The van der Waals surface area contributed by atoms with Crippen LogP contribution in [-0.4, -0.2) is 25.4 Å². The van der Waals surface area contributed by atoms with Crippen molar-refractivity contribution in [1.82, 2.24) is 5.32 Å². The molecule has 6 heteroatoms. The van der Waals surface area contributed by atoms with Crippen molar-refractivity contribution < 1.29 is 9.47 Å². The highest BCUT2D eigenvalue weighted by Crippen LogP contribution is 2.25. The smallest absolute Gasteiger partial charge is 0.170 e. The molecule has 0 saturated carbocycles. The summed E-state index contributed by atoms with van der Waals surface area (Å²) in [6, 6.07) is 15.4. The fourth-order valence-electron chi connectivity index (χ4n) is 1.81. The SMILES string of the molecule is COc1ccccc1OCCNC(=S)Nc1cccc(Br)c1. The molecule has 2 aromatic carbocycles. The van der Waals surface area contributed by atoms with E-state index >= 15 is 0 Å². The third-order valence-corrected chi connectivity index (χ3v) is 3.54. The number of anilines is 1. The molecule has 0 unspecified atom stereocenters. The van der Waals surface area contributed by atoms with Crippen molar-refractivity contribution in [3.05, 3.63) is 53.0 Å². The summed E-state index contributed by atoms with van der Waals surface area (Å²) in [4.78, 5) is 0. The summed E-state index contributed by atoms with van der Waals surface area (Å²) in [5.74, 6) is 1.44. The molecule has 0 bridgehead atoms. The fraction of sp³-hybridized carbons (Fsp3) is 0.188. The van der Waals surface area contributed by atoms with E-state index in [1.54, 1.807) is 7.11 Å². The summed E-state index contributed by atoms with van der Waals surface area (Å²) in [5.41, 5.74) is 0.928. The van der Waals surface area contributed by atoms with E-state index in [1.165, 1.54) is 0 Å². The Kier molecular flexibility index (Phi) is 6.48. The Labute approximate surface area is 144 Å². The lowest BCUT2D eigenvalue weighted by atomic mass is 10.3. The van der Waals surface area contributed by atoms with E-state index in [4.69, 9.17) is 21.7 Å². The fourth-order valence-corrected chi connectivity index (χ4v) is 2.42. The second-order valence-electron chi connectivity index (χ2n) is 4.39. The van der Waals surface area contributed by atoms with Crippen molar-refractivity contribution in [3.8, 4) is 11.5 Å². The lowest BCUT2D eigenvalue weighted by Gasteiger charge is -2.13. The zero-order chi connectivity index (χ0) is 15.8. The number of thiocarbonyl (C=S) groups is 1. The van der Waals surface area contributed by atoms with Crippen molar-refractivity contribution in [2.24, 2.45) is 0 Å². The quantitative estimate of drug-likeness (QED) is 0.588. The number of para-hydroxylation sites is 2. The van der Waals surface area contributed by atoms with Crippen LogP contribution in [0, 0.1) is 0 Å². The van der Waals surface area contributed by atoms with Crippen molar-refractivity contribution in [2.75, 3.05) is 25.6 Å². The maximum Gasteiger partial charge on any atom is 0.170 e. The number of methoxy groups -OCH3 is 1. The van der Waals surface area contributed by atoms with Gasteiger partial charge in [0, 0.05) is 10.2 Å². The molecular formula is C16H17BrN2O2S. The number of halogens is 1. The first-order valence-electron chi connectivity index (χ1n) is 6.75. The van der Waals surface area contributed by atoms with Crippen molar-refractivity contribution in [1.29, 1.82) is 0 Å². The first-order chi connectivity index (χ1) is 10.7. The number of rotatable bonds is 6. The summed E-state index contributed by atoms with van der Waals surface area (Å²) in [7, 11) is 1.62. The van der Waals surface area contributed by atoms with E-state index in [1.807, 2.05) is 48.5 Å². The Morgan fingerprint density at radius 3 is 2.64 bits per heavy atom. The highest BCUT2D eigenvalue weighted by Gasteiger charge is 2.02. The summed E-state index contributed by atoms with van der Waals surface area (Å²) in [5, 5.41) is 6.77. The average Bonchev–Trinajstić information content (AvgIpc) is 2.52. The van der Waals surface area contributed by atoms with Crippen LogP contribution < -0.4 is 20.1 Å². The Morgan fingerprint density at radius 1 is 1.14 bits per heavy atom. The molecule has 2 aromatic rings. The molecular weight excluding hydrogens is 364 g/mol. The first-order valence-corrected chi connectivity index (χ1v) is 7.95. The molecule has 0 atom stereocenters. The molecule has 0 amide bonds. The maximum atomic E-state index is 5.67. The molecule has 4 nitrogen and oxygen atoms in total. The largest absolute Gasteiger partial charge is 0.493 e. The molecule has 0 spiro atoms. The summed E-state index contributed by atoms with van der Waals surface area (Å²) >= 11 is 8.66. The van der Waals surface area contributed by atoms with E-state index in [0.29, 0.717) is 18.3 Å². The minimum atomic E-state index is 0.487. The van der Waals surface area contributed by atoms with E-state index in [0.717, 1.165) is 21.7 Å². The highest BCUT2D eigenvalue weighted by atomic mass is 79.9. The zero-order valence-corrected chi connectivity index (χ0v) is 14.5. The average molecular weight is 381 g/mol. The van der Waals surface area contributed by atoms with Crippen molar-refractivity contribution in [2.45, 2.75) is 0 Å². The molecule has 22 heavy (non-hydrogen) atoms. The molecule has 0 radical (unpaired) electrons. The van der Waals surface area contributed by atoms with E-state index in [2.05, 4.69) is 26.6 Å². The Bertz CT molecular complexity index is 637. The number of ether oxygens (including phenoxy) is 2. The van der Waals surface area contributed by atoms with Crippen molar-refractivity contribution >= 4 is 38.9 Å². The highest BCUT2D eigenvalue weighted by molar-refractivity contribution is 9.10. The molecule has 0 aliphatic carbocycles. The molecule has 0 heterocycles. The van der Waals surface area contributed by atoms with Gasteiger partial charge < -0.3 is 20.1 Å². The maximum absolute atomic E-state index is 5.67. The predicted octanol–water partition coefficient (Wildman–Crippen LogP) is 3.82. The molecule has 0 aromatic heterocycles. The molecule has 0 aliphatic heterocycles. The molecule has 0 aliphatic rings. The van der Waals surface area contributed by atoms with Gasteiger partial charge in [-0.15, -0.1) is 0 Å². The number of hydrogen-bond donors (Lipinski definition) is 2. The van der Waals surface area contributed by atoms with E-state index < -0.39 is 0 Å². The van der Waals surface area contributed by atoms with Crippen LogP contribution >= 0.6 is 28.1 Å². The summed E-state index contributed by atoms with van der Waals surface area (Å²) in [6.45, 7) is 1.08. The van der Waals surface area contributed by atoms with Crippen LogP contribution in [0.15, 0.2) is 53.0 Å². The minimum Gasteiger partial charge on any atom is -0.493 e. The van der Waals surface area contributed by atoms with Crippen LogP contribution in [0.1, 0.15) is 0 Å². The van der Waals surface area contributed by atoms with E-state index in [-0.39, 0.29) is 0 Å². The van der Waals surface area contributed by atoms with Crippen LogP contribution in [0.3, 0.4) is 0 Å². The predicted molar refractivity (Wildman–Crippen MR) is 96.9 cm³/mol. The van der Waals surface area contributed by atoms with Gasteiger partial charge in [0.2, 0.25) is 0 Å². The van der Waals surface area contributed by atoms with Crippen LogP contribution in [0.5, 0.6) is 11.5 Å². The first kappa shape index (κ1) is 16.6. The number of benzene rings is 2. The van der Waals surface area contributed by atoms with Gasteiger partial charge in [-0.3, -0.25) is 0 Å². The van der Waals surface area contributed by atoms with Gasteiger partial charge in [0.05, 0.1) is 13.7 Å². The Hall–Kier alpha value is -1.79. The van der Waals surface area contributed by atoms with Gasteiger partial charge in [-0.05, 0) is 42.5 Å². The van der Waals surface area contributed by atoms with Gasteiger partial charge in [0.15, 0.2) is 16.6 Å². The van der Waals surface area contributed by atoms with Crippen LogP contribution in [0.25, 0.3) is 0 Å². The third kappa shape index (κ3) is 5.20. The molecule has 0 fully saturated rings. The monoisotopic (exact) mass is 380 g/mol. The molecule has 2 N–H and O–H groups in total. The topological polar surface area (TPSA) is 42.5 Å². The molecule has 0 saturated heterocycles. The summed E-state index contributed by atoms with van der Waals surface area (Å²) in [6.07, 6.45) is 0. The van der Waals surface area contributed by atoms with Crippen LogP contribution in [0.4, 0.5) is 5.69 Å². The van der Waals surface area contributed by atoms with E-state index in [9.17, 15) is 0 Å². The third-order valence-electron chi connectivity index (χ3n) is 2.80. The van der Waals surface area contributed by atoms with Gasteiger partial charge >= 0.3 is 0 Å². The minimum absolute atomic E-state index is 0.487. The van der Waals surface area contributed by atoms with Crippen LogP contribution in [0.2, 0.25) is 0 Å². The van der Waals surface area contributed by atoms with Gasteiger partial charge in [-0.1, -0.05) is 34.1 Å². The molecule has 2 rings (SSSR count). The standard InChI is InChI=1S/C16H17BrN2O2S/c1-20-14-7-2-3-8-15(14)21-10-9-18-16(22)19-13-6-4-5-12(17)11-13/h2-8,11H,9-10H2,1H3,(H2,18,19,22). The van der Waals surface area contributed by atoms with Gasteiger partial charge in [0.25, 0.3) is 0 Å². The normalized spacial score (nSPS) is 9.91. The lowest BCUT2D eigenvalue weighted by molar-refractivity contribution is 0.298. The van der Waals surface area contributed by atoms with Gasteiger partial charge in [-0.2, -0.15) is 0 Å². The number of nitrogens with one attached hydrogen (secondary N) is 2.